The van der Waals surface area contributed by atoms with E-state index in [4.69, 9.17) is 4.74 Å². The maximum absolute atomic E-state index is 5.61. The molecule has 2 heteroatoms. The lowest BCUT2D eigenvalue weighted by Gasteiger charge is -2.02. The molecule has 0 radical (unpaired) electrons. The number of benzene rings is 1. The average Bonchev–Trinajstić information content (AvgIpc) is 2.46. The molecule has 1 aromatic carbocycles. The fourth-order valence-electron chi connectivity index (χ4n) is 1.68. The molecule has 2 nitrogen and oxygen atoms in total. The van der Waals surface area contributed by atoms with E-state index in [1.165, 1.54) is 11.1 Å². The third kappa shape index (κ3) is 6.16. The molecule has 0 aliphatic heterocycles. The summed E-state index contributed by atoms with van der Waals surface area (Å²) in [6, 6.07) is 10.2. The van der Waals surface area contributed by atoms with Gasteiger partial charge in [-0.2, -0.15) is 0 Å². The maximum Gasteiger partial charge on any atom is 0.0721 e. The van der Waals surface area contributed by atoms with Crippen LogP contribution >= 0.6 is 0 Å². The first-order chi connectivity index (χ1) is 9.27. The lowest BCUT2D eigenvalue weighted by Crippen LogP contribution is -1.96. The number of aliphatic imine (C=N–C) groups is 1. The number of nitrogens with zero attached hydrogens (tertiary/aromatic N) is 1. The first-order valence-corrected chi connectivity index (χ1v) is 6.70. The summed E-state index contributed by atoms with van der Waals surface area (Å²) < 4.78 is 5.61. The molecule has 0 atom stereocenters. The molecule has 0 unspecified atom stereocenters. The van der Waals surface area contributed by atoms with Gasteiger partial charge in [0.25, 0.3) is 0 Å². The van der Waals surface area contributed by atoms with E-state index in [1.54, 1.807) is 0 Å². The predicted molar refractivity (Wildman–Crippen MR) is 82.6 cm³/mol. The Morgan fingerprint density at radius 1 is 1.26 bits per heavy atom. The molecule has 0 fully saturated rings. The Bertz CT molecular complexity index is 444. The van der Waals surface area contributed by atoms with Gasteiger partial charge in [-0.25, -0.2) is 0 Å². The van der Waals surface area contributed by atoms with E-state index in [1.807, 2.05) is 38.2 Å². The lowest BCUT2D eigenvalue weighted by molar-refractivity contribution is 0.148. The van der Waals surface area contributed by atoms with Gasteiger partial charge >= 0.3 is 0 Å². The summed E-state index contributed by atoms with van der Waals surface area (Å²) in [4.78, 5) is 4.21. The van der Waals surface area contributed by atoms with Crippen LogP contribution in [0.4, 0.5) is 0 Å². The minimum Gasteiger partial charge on any atom is -0.373 e. The van der Waals surface area contributed by atoms with Crippen LogP contribution in [0.25, 0.3) is 0 Å². The SMILES string of the molecule is CC/C=C(\C=C/COCc1ccccc1)C(C)=NC. The Kier molecular flexibility index (Phi) is 7.52. The number of rotatable bonds is 7. The van der Waals surface area contributed by atoms with E-state index in [-0.39, 0.29) is 0 Å². The smallest absolute Gasteiger partial charge is 0.0721 e. The normalized spacial score (nSPS) is 13.2. The van der Waals surface area contributed by atoms with Crippen molar-refractivity contribution in [3.8, 4) is 0 Å². The molecule has 0 N–H and O–H groups in total. The quantitative estimate of drug-likeness (QED) is 0.408. The molecular formula is C17H23NO. The average molecular weight is 257 g/mol. The molecule has 102 valence electrons. The summed E-state index contributed by atoms with van der Waals surface area (Å²) in [6.45, 7) is 5.42. The van der Waals surface area contributed by atoms with E-state index < -0.39 is 0 Å². The van der Waals surface area contributed by atoms with Crippen molar-refractivity contribution in [3.05, 3.63) is 59.7 Å². The predicted octanol–water partition coefficient (Wildman–Crippen LogP) is 4.19. The van der Waals surface area contributed by atoms with Gasteiger partial charge in [-0.15, -0.1) is 0 Å². The van der Waals surface area contributed by atoms with Crippen LogP contribution in [0.5, 0.6) is 0 Å². The van der Waals surface area contributed by atoms with Crippen molar-refractivity contribution >= 4 is 5.71 Å². The molecule has 0 spiro atoms. The van der Waals surface area contributed by atoms with Crippen molar-refractivity contribution in [2.75, 3.05) is 13.7 Å². The fraction of sp³-hybridized carbons (Fsp3) is 0.353. The zero-order chi connectivity index (χ0) is 13.9. The molecule has 0 heterocycles. The molecule has 1 rings (SSSR count). The second-order valence-electron chi connectivity index (χ2n) is 4.28. The van der Waals surface area contributed by atoms with Gasteiger partial charge in [0, 0.05) is 12.8 Å². The van der Waals surface area contributed by atoms with Gasteiger partial charge in [0.1, 0.15) is 0 Å². The molecule has 0 bridgehead atoms. The zero-order valence-corrected chi connectivity index (χ0v) is 12.1. The molecule has 0 amide bonds. The van der Waals surface area contributed by atoms with Crippen LogP contribution in [0.3, 0.4) is 0 Å². The number of allylic oxidation sites excluding steroid dienone is 3. The van der Waals surface area contributed by atoms with Crippen molar-refractivity contribution in [1.29, 1.82) is 0 Å². The minimum absolute atomic E-state index is 0.618. The Morgan fingerprint density at radius 3 is 2.63 bits per heavy atom. The van der Waals surface area contributed by atoms with Gasteiger partial charge in [0.15, 0.2) is 0 Å². The topological polar surface area (TPSA) is 21.6 Å². The highest BCUT2D eigenvalue weighted by Crippen LogP contribution is 2.04. The second kappa shape index (κ2) is 9.29. The summed E-state index contributed by atoms with van der Waals surface area (Å²) in [5.41, 5.74) is 3.43. The van der Waals surface area contributed by atoms with Crippen LogP contribution < -0.4 is 0 Å². The van der Waals surface area contributed by atoms with E-state index in [0.29, 0.717) is 13.2 Å². The zero-order valence-electron chi connectivity index (χ0n) is 12.1. The third-order valence-electron chi connectivity index (χ3n) is 2.80. The highest BCUT2D eigenvalue weighted by atomic mass is 16.5. The monoisotopic (exact) mass is 257 g/mol. The van der Waals surface area contributed by atoms with Crippen molar-refractivity contribution in [1.82, 2.24) is 0 Å². The van der Waals surface area contributed by atoms with Gasteiger partial charge in [-0.05, 0) is 24.5 Å². The van der Waals surface area contributed by atoms with Crippen molar-refractivity contribution in [3.63, 3.8) is 0 Å². The van der Waals surface area contributed by atoms with Crippen molar-refractivity contribution in [2.45, 2.75) is 26.9 Å². The van der Waals surface area contributed by atoms with E-state index >= 15 is 0 Å². The maximum atomic E-state index is 5.61. The summed E-state index contributed by atoms with van der Waals surface area (Å²) in [6.07, 6.45) is 7.31. The highest BCUT2D eigenvalue weighted by molar-refractivity contribution is 6.00. The first kappa shape index (κ1) is 15.4. The molecule has 0 saturated carbocycles. The van der Waals surface area contributed by atoms with Crippen molar-refractivity contribution < 1.29 is 4.74 Å². The molecule has 0 aromatic heterocycles. The van der Waals surface area contributed by atoms with E-state index in [2.05, 4.69) is 36.2 Å². The summed E-state index contributed by atoms with van der Waals surface area (Å²) >= 11 is 0. The summed E-state index contributed by atoms with van der Waals surface area (Å²) in [5.74, 6) is 0. The van der Waals surface area contributed by atoms with E-state index in [9.17, 15) is 0 Å². The third-order valence-corrected chi connectivity index (χ3v) is 2.80. The van der Waals surface area contributed by atoms with Crippen LogP contribution in [0.1, 0.15) is 25.8 Å². The molecule has 0 saturated heterocycles. The number of hydrogen-bond acceptors (Lipinski definition) is 2. The van der Waals surface area contributed by atoms with Gasteiger partial charge in [-0.1, -0.05) is 55.5 Å². The highest BCUT2D eigenvalue weighted by Gasteiger charge is 1.95. The molecule has 0 aliphatic carbocycles. The van der Waals surface area contributed by atoms with Crippen molar-refractivity contribution in [2.24, 2.45) is 4.99 Å². The van der Waals surface area contributed by atoms with Gasteiger partial charge in [0.05, 0.1) is 13.2 Å². The van der Waals surface area contributed by atoms with Crippen LogP contribution in [-0.2, 0) is 11.3 Å². The Labute approximate surface area is 116 Å². The second-order valence-corrected chi connectivity index (χ2v) is 4.28. The number of ether oxygens (including phenoxy) is 1. The summed E-state index contributed by atoms with van der Waals surface area (Å²) in [5, 5.41) is 0. The lowest BCUT2D eigenvalue weighted by atomic mass is 10.1. The fourth-order valence-corrected chi connectivity index (χ4v) is 1.68. The first-order valence-electron chi connectivity index (χ1n) is 6.70. The Balaban J connectivity index is 2.39. The van der Waals surface area contributed by atoms with Crippen LogP contribution in [0.2, 0.25) is 0 Å². The Hall–Kier alpha value is -1.67. The van der Waals surface area contributed by atoms with Gasteiger partial charge < -0.3 is 4.74 Å². The van der Waals surface area contributed by atoms with E-state index in [0.717, 1.165) is 12.1 Å². The van der Waals surface area contributed by atoms with Crippen LogP contribution in [-0.4, -0.2) is 19.4 Å². The standard InChI is InChI=1S/C17H23NO/c1-4-9-17(15(2)18-3)12-8-13-19-14-16-10-6-5-7-11-16/h5-12H,4,13-14H2,1-3H3/b12-8-,17-9+,18-15?. The molecular weight excluding hydrogens is 234 g/mol. The van der Waals surface area contributed by atoms with Gasteiger partial charge in [0.2, 0.25) is 0 Å². The summed E-state index contributed by atoms with van der Waals surface area (Å²) in [7, 11) is 1.82. The molecule has 1 aromatic rings. The van der Waals surface area contributed by atoms with Gasteiger partial charge in [-0.3, -0.25) is 4.99 Å². The van der Waals surface area contributed by atoms with Crippen LogP contribution in [0, 0.1) is 0 Å². The van der Waals surface area contributed by atoms with Crippen LogP contribution in [0.15, 0.2) is 59.1 Å². The molecule has 0 aliphatic rings. The number of hydrogen-bond donors (Lipinski definition) is 0. The molecule has 19 heavy (non-hydrogen) atoms. The largest absolute Gasteiger partial charge is 0.373 e. The Morgan fingerprint density at radius 2 is 2.00 bits per heavy atom. The minimum atomic E-state index is 0.618.